The molecule has 4 rings (SSSR count). The number of hydrogen-bond acceptors (Lipinski definition) is 2. The number of likely N-dealkylation sites (tertiary alicyclic amines) is 1. The fraction of sp³-hybridized carbons (Fsp3) is 0.200. The van der Waals surface area contributed by atoms with Crippen molar-refractivity contribution in [2.75, 3.05) is 11.4 Å². The van der Waals surface area contributed by atoms with E-state index in [0.717, 1.165) is 0 Å². The van der Waals surface area contributed by atoms with Gasteiger partial charge in [-0.05, 0) is 42.3 Å². The van der Waals surface area contributed by atoms with Crippen LogP contribution in [0.5, 0.6) is 0 Å². The highest BCUT2D eigenvalue weighted by molar-refractivity contribution is 6.34. The summed E-state index contributed by atoms with van der Waals surface area (Å²) in [6.07, 6.45) is 3.56. The summed E-state index contributed by atoms with van der Waals surface area (Å²) in [5.41, 5.74) is 1.29. The predicted octanol–water partition coefficient (Wildman–Crippen LogP) is 3.51. The van der Waals surface area contributed by atoms with Crippen molar-refractivity contribution in [3.05, 3.63) is 71.0 Å². The lowest BCUT2D eigenvalue weighted by molar-refractivity contribution is -0.134. The molecule has 2 aromatic rings. The highest BCUT2D eigenvalue weighted by Crippen LogP contribution is 2.38. The molecule has 0 aliphatic carbocycles. The second-order valence-electron chi connectivity index (χ2n) is 6.44. The van der Waals surface area contributed by atoms with Gasteiger partial charge in [-0.3, -0.25) is 9.59 Å². The van der Waals surface area contributed by atoms with Crippen molar-refractivity contribution in [2.24, 2.45) is 0 Å². The molecule has 2 aliphatic heterocycles. The number of piperazine rings is 1. The predicted molar refractivity (Wildman–Crippen MR) is 98.3 cm³/mol. The Bertz CT molecular complexity index is 914. The SMILES string of the molecule is O=C(/C=C/c1cccc(F)c1)N1C[C@@H]2C[C@H]1C(=O)N2c1ccccc1Cl. The highest BCUT2D eigenvalue weighted by atomic mass is 35.5. The topological polar surface area (TPSA) is 40.6 Å². The lowest BCUT2D eigenvalue weighted by atomic mass is 10.2. The molecule has 4 nitrogen and oxygen atoms in total. The van der Waals surface area contributed by atoms with Crippen LogP contribution in [0.4, 0.5) is 10.1 Å². The Morgan fingerprint density at radius 1 is 1.19 bits per heavy atom. The Kier molecular flexibility index (Phi) is 4.24. The van der Waals surface area contributed by atoms with Crippen LogP contribution >= 0.6 is 11.6 Å². The van der Waals surface area contributed by atoms with Crippen molar-refractivity contribution in [2.45, 2.75) is 18.5 Å². The number of nitrogens with zero attached hydrogens (tertiary/aromatic N) is 2. The molecule has 2 fully saturated rings. The molecule has 2 amide bonds. The second-order valence-corrected chi connectivity index (χ2v) is 6.85. The summed E-state index contributed by atoms with van der Waals surface area (Å²) in [5, 5.41) is 0.525. The number of fused-ring (bicyclic) bond motifs is 2. The van der Waals surface area contributed by atoms with E-state index in [-0.39, 0.29) is 23.7 Å². The molecule has 0 radical (unpaired) electrons. The molecule has 6 heteroatoms. The van der Waals surface area contributed by atoms with Crippen molar-refractivity contribution in [1.82, 2.24) is 4.90 Å². The number of rotatable bonds is 3. The van der Waals surface area contributed by atoms with Gasteiger partial charge in [0.2, 0.25) is 11.8 Å². The number of anilines is 1. The van der Waals surface area contributed by atoms with Gasteiger partial charge >= 0.3 is 0 Å². The van der Waals surface area contributed by atoms with Gasteiger partial charge in [0.25, 0.3) is 0 Å². The van der Waals surface area contributed by atoms with Gasteiger partial charge in [-0.25, -0.2) is 4.39 Å². The van der Waals surface area contributed by atoms with Gasteiger partial charge in [-0.1, -0.05) is 35.9 Å². The number of halogens is 2. The van der Waals surface area contributed by atoms with Gasteiger partial charge in [0.15, 0.2) is 0 Å². The number of hydrogen-bond donors (Lipinski definition) is 0. The Labute approximate surface area is 155 Å². The van der Waals surface area contributed by atoms with Gasteiger partial charge in [0.1, 0.15) is 11.9 Å². The van der Waals surface area contributed by atoms with Crippen LogP contribution in [0.3, 0.4) is 0 Å². The molecule has 2 bridgehead atoms. The molecule has 0 aromatic heterocycles. The van der Waals surface area contributed by atoms with Crippen LogP contribution in [0.25, 0.3) is 6.08 Å². The van der Waals surface area contributed by atoms with Gasteiger partial charge in [-0.2, -0.15) is 0 Å². The van der Waals surface area contributed by atoms with Crippen LogP contribution in [-0.2, 0) is 9.59 Å². The standard InChI is InChI=1S/C20H16ClFN2O2/c21-16-6-1-2-7-17(16)24-15-11-18(20(24)26)23(12-15)19(25)9-8-13-4-3-5-14(22)10-13/h1-10,15,18H,11-12H2/b9-8+/t15-,18-/m0/s1. The second kappa shape index (κ2) is 6.57. The summed E-state index contributed by atoms with van der Waals surface area (Å²) in [7, 11) is 0. The maximum Gasteiger partial charge on any atom is 0.250 e. The molecule has 0 saturated carbocycles. The van der Waals surface area contributed by atoms with Crippen molar-refractivity contribution in [3.63, 3.8) is 0 Å². The molecule has 2 aliphatic rings. The molecule has 0 spiro atoms. The number of carbonyl (C=O) groups excluding carboxylic acids is 2. The van der Waals surface area contributed by atoms with Crippen molar-refractivity contribution >= 4 is 35.2 Å². The van der Waals surface area contributed by atoms with E-state index in [4.69, 9.17) is 11.6 Å². The molecule has 0 N–H and O–H groups in total. The first-order chi connectivity index (χ1) is 12.5. The Morgan fingerprint density at radius 3 is 2.73 bits per heavy atom. The quantitative estimate of drug-likeness (QED) is 0.776. The molecule has 2 atom stereocenters. The van der Waals surface area contributed by atoms with E-state index in [2.05, 4.69) is 0 Å². The minimum absolute atomic E-state index is 0.0704. The molecular weight excluding hydrogens is 355 g/mol. The third-order valence-corrected chi connectivity index (χ3v) is 5.15. The van der Waals surface area contributed by atoms with Crippen LogP contribution in [0, 0.1) is 5.82 Å². The van der Waals surface area contributed by atoms with E-state index >= 15 is 0 Å². The molecule has 0 unspecified atom stereocenters. The fourth-order valence-corrected chi connectivity index (χ4v) is 3.88. The van der Waals surface area contributed by atoms with Crippen molar-refractivity contribution in [3.8, 4) is 0 Å². The first kappa shape index (κ1) is 16.8. The Morgan fingerprint density at radius 2 is 2.00 bits per heavy atom. The number of benzene rings is 2. The molecule has 2 heterocycles. The fourth-order valence-electron chi connectivity index (χ4n) is 3.66. The highest BCUT2D eigenvalue weighted by Gasteiger charge is 2.51. The van der Waals surface area contributed by atoms with Gasteiger partial charge in [0, 0.05) is 12.6 Å². The monoisotopic (exact) mass is 370 g/mol. The first-order valence-electron chi connectivity index (χ1n) is 8.36. The van der Waals surface area contributed by atoms with E-state index in [9.17, 15) is 14.0 Å². The zero-order valence-electron chi connectivity index (χ0n) is 13.8. The van der Waals surface area contributed by atoms with Gasteiger partial charge in [-0.15, -0.1) is 0 Å². The Balaban J connectivity index is 1.50. The van der Waals surface area contributed by atoms with Gasteiger partial charge < -0.3 is 9.80 Å². The van der Waals surface area contributed by atoms with E-state index in [0.29, 0.717) is 29.2 Å². The smallest absolute Gasteiger partial charge is 0.250 e. The minimum atomic E-state index is -0.471. The number of amides is 2. The summed E-state index contributed by atoms with van der Waals surface area (Å²) in [4.78, 5) is 28.5. The summed E-state index contributed by atoms with van der Waals surface area (Å²) < 4.78 is 13.2. The average molecular weight is 371 g/mol. The zero-order chi connectivity index (χ0) is 18.3. The van der Waals surface area contributed by atoms with E-state index in [1.165, 1.54) is 18.2 Å². The maximum atomic E-state index is 13.2. The average Bonchev–Trinajstić information content (AvgIpc) is 3.19. The van der Waals surface area contributed by atoms with E-state index in [1.807, 2.05) is 18.2 Å². The van der Waals surface area contributed by atoms with Gasteiger partial charge in [0.05, 0.1) is 16.8 Å². The summed E-state index contributed by atoms with van der Waals surface area (Å²) >= 11 is 6.22. The van der Waals surface area contributed by atoms with Crippen LogP contribution < -0.4 is 4.90 Å². The molecular formula is C20H16ClFN2O2. The zero-order valence-corrected chi connectivity index (χ0v) is 14.6. The lowest BCUT2D eigenvalue weighted by Gasteiger charge is -2.33. The van der Waals surface area contributed by atoms with E-state index < -0.39 is 6.04 Å². The van der Waals surface area contributed by atoms with E-state index in [1.54, 1.807) is 34.1 Å². The Hall–Kier alpha value is -2.66. The third-order valence-electron chi connectivity index (χ3n) is 4.83. The van der Waals surface area contributed by atoms with Crippen LogP contribution in [0.1, 0.15) is 12.0 Å². The molecule has 26 heavy (non-hydrogen) atoms. The largest absolute Gasteiger partial charge is 0.325 e. The summed E-state index contributed by atoms with van der Waals surface area (Å²) in [5.74, 6) is -0.707. The third kappa shape index (κ3) is 2.88. The molecule has 2 aromatic carbocycles. The van der Waals surface area contributed by atoms with Crippen LogP contribution in [-0.4, -0.2) is 35.3 Å². The normalized spacial score (nSPS) is 21.8. The lowest BCUT2D eigenvalue weighted by Crippen LogP contribution is -2.52. The first-order valence-corrected chi connectivity index (χ1v) is 8.74. The minimum Gasteiger partial charge on any atom is -0.325 e. The summed E-state index contributed by atoms with van der Waals surface area (Å²) in [6, 6.07) is 12.7. The van der Waals surface area contributed by atoms with Crippen molar-refractivity contribution in [1.29, 1.82) is 0 Å². The number of para-hydroxylation sites is 1. The van der Waals surface area contributed by atoms with Crippen molar-refractivity contribution < 1.29 is 14.0 Å². The molecule has 132 valence electrons. The summed E-state index contributed by atoms with van der Waals surface area (Å²) in [6.45, 7) is 0.466. The maximum absolute atomic E-state index is 13.2. The van der Waals surface area contributed by atoms with Crippen LogP contribution in [0.2, 0.25) is 5.02 Å². The van der Waals surface area contributed by atoms with Crippen LogP contribution in [0.15, 0.2) is 54.6 Å². The number of carbonyl (C=O) groups is 2. The molecule has 2 saturated heterocycles.